The average Bonchev–Trinajstić information content (AvgIpc) is 3.37. The molecule has 3 aromatic rings. The molecule has 1 fully saturated rings. The fourth-order valence-corrected chi connectivity index (χ4v) is 4.90. The van der Waals surface area contributed by atoms with Crippen LogP contribution >= 0.6 is 11.8 Å². The van der Waals surface area contributed by atoms with Crippen molar-refractivity contribution < 1.29 is 0 Å². The molecule has 2 aliphatic rings. The highest BCUT2D eigenvalue weighted by Gasteiger charge is 2.44. The number of nitrogens with zero attached hydrogens (tertiary/aromatic N) is 5. The molecule has 0 spiro atoms. The largest absolute Gasteiger partial charge is 0.339 e. The van der Waals surface area contributed by atoms with Crippen LogP contribution in [-0.4, -0.2) is 36.4 Å². The molecule has 0 bridgehead atoms. The molecule has 130 valence electrons. The normalized spacial score (nSPS) is 24.6. The zero-order valence-corrected chi connectivity index (χ0v) is 15.3. The number of rotatable bonds is 3. The van der Waals surface area contributed by atoms with Crippen molar-refractivity contribution in [1.29, 1.82) is 0 Å². The van der Waals surface area contributed by atoms with E-state index in [1.165, 1.54) is 5.69 Å². The van der Waals surface area contributed by atoms with E-state index in [9.17, 15) is 0 Å². The second-order valence-corrected chi connectivity index (χ2v) is 8.06. The van der Waals surface area contributed by atoms with Gasteiger partial charge in [0.1, 0.15) is 6.04 Å². The summed E-state index contributed by atoms with van der Waals surface area (Å²) in [6, 6.07) is 14.6. The number of fused-ring (bicyclic) bond motifs is 1. The maximum absolute atomic E-state index is 5.06. The van der Waals surface area contributed by atoms with Crippen LogP contribution in [0.4, 0.5) is 0 Å². The van der Waals surface area contributed by atoms with E-state index in [1.807, 2.05) is 42.4 Å². The van der Waals surface area contributed by atoms with Gasteiger partial charge in [0.2, 0.25) is 0 Å². The number of aromatic nitrogens is 3. The lowest BCUT2D eigenvalue weighted by molar-refractivity contribution is 0.312. The molecule has 0 N–H and O–H groups in total. The Bertz CT molecular complexity index is 937. The third-order valence-corrected chi connectivity index (χ3v) is 5.99. The summed E-state index contributed by atoms with van der Waals surface area (Å²) < 4.78 is 2.22. The summed E-state index contributed by atoms with van der Waals surface area (Å²) in [5.74, 6) is 0. The van der Waals surface area contributed by atoms with Gasteiger partial charge in [-0.3, -0.25) is 15.0 Å². The van der Waals surface area contributed by atoms with Crippen LogP contribution in [0, 0.1) is 0 Å². The zero-order valence-electron chi connectivity index (χ0n) is 14.4. The molecule has 0 radical (unpaired) electrons. The van der Waals surface area contributed by atoms with E-state index in [4.69, 9.17) is 4.99 Å². The first-order valence-corrected chi connectivity index (χ1v) is 9.69. The van der Waals surface area contributed by atoms with Crippen molar-refractivity contribution in [1.82, 2.24) is 19.4 Å². The van der Waals surface area contributed by atoms with Crippen LogP contribution in [0.5, 0.6) is 0 Å². The van der Waals surface area contributed by atoms with Crippen LogP contribution in [0.1, 0.15) is 30.4 Å². The lowest BCUT2D eigenvalue weighted by Gasteiger charge is -2.28. The summed E-state index contributed by atoms with van der Waals surface area (Å²) in [5, 5.41) is 1.69. The van der Waals surface area contributed by atoms with E-state index < -0.39 is 0 Å². The maximum atomic E-state index is 5.06. The first-order chi connectivity index (χ1) is 12.8. The molecular formula is C20H19N5S. The van der Waals surface area contributed by atoms with Gasteiger partial charge in [0, 0.05) is 36.1 Å². The molecule has 0 amide bonds. The highest BCUT2D eigenvalue weighted by Crippen LogP contribution is 2.47. The summed E-state index contributed by atoms with van der Waals surface area (Å²) in [5.41, 5.74) is 3.31. The number of hydrogen-bond acceptors (Lipinski definition) is 5. The van der Waals surface area contributed by atoms with Crippen molar-refractivity contribution in [2.24, 2.45) is 4.99 Å². The van der Waals surface area contributed by atoms with Gasteiger partial charge >= 0.3 is 0 Å². The second-order valence-electron chi connectivity index (χ2n) is 6.65. The molecule has 0 unspecified atom stereocenters. The van der Waals surface area contributed by atoms with Gasteiger partial charge in [0.15, 0.2) is 5.17 Å². The number of pyridine rings is 2. The maximum Gasteiger partial charge on any atom is 0.160 e. The summed E-state index contributed by atoms with van der Waals surface area (Å²) in [4.78, 5) is 16.4. The Hall–Kier alpha value is -2.60. The van der Waals surface area contributed by atoms with Gasteiger partial charge < -0.3 is 9.47 Å². The standard InChI is InChI=1S/C20H19N5S/c1-14-13-25-19(17-8-5-11-24(17)15-6-4-9-21-12-15)18(23-20(25)26-14)16-7-2-3-10-22-16/h2-12,14,18-19H,13H2,1H3/t14-,18-,19-/m0/s1. The van der Waals surface area contributed by atoms with Gasteiger partial charge in [-0.1, -0.05) is 24.8 Å². The number of hydrogen-bond donors (Lipinski definition) is 0. The Morgan fingerprint density at radius 1 is 1.08 bits per heavy atom. The molecule has 3 aromatic heterocycles. The molecular weight excluding hydrogens is 342 g/mol. The number of thioether (sulfide) groups is 1. The second kappa shape index (κ2) is 6.29. The van der Waals surface area contributed by atoms with Gasteiger partial charge in [0.05, 0.1) is 23.6 Å². The Morgan fingerprint density at radius 3 is 2.85 bits per heavy atom. The van der Waals surface area contributed by atoms with Crippen LogP contribution in [-0.2, 0) is 0 Å². The van der Waals surface area contributed by atoms with E-state index in [-0.39, 0.29) is 12.1 Å². The summed E-state index contributed by atoms with van der Waals surface area (Å²) in [7, 11) is 0. The van der Waals surface area contributed by atoms with Crippen LogP contribution in [0.2, 0.25) is 0 Å². The number of aliphatic imine (C=N–C) groups is 1. The minimum absolute atomic E-state index is 0.0107. The first kappa shape index (κ1) is 15.6. The Morgan fingerprint density at radius 2 is 2.04 bits per heavy atom. The molecule has 0 aromatic carbocycles. The van der Waals surface area contributed by atoms with Gasteiger partial charge in [0.25, 0.3) is 0 Å². The van der Waals surface area contributed by atoms with Crippen molar-refractivity contribution in [3.8, 4) is 5.69 Å². The highest BCUT2D eigenvalue weighted by molar-refractivity contribution is 8.14. The van der Waals surface area contributed by atoms with Crippen molar-refractivity contribution in [2.45, 2.75) is 24.3 Å². The molecule has 0 saturated carbocycles. The number of amidine groups is 1. The zero-order chi connectivity index (χ0) is 17.5. The Labute approximate surface area is 156 Å². The molecule has 0 aliphatic carbocycles. The Kier molecular flexibility index (Phi) is 3.78. The van der Waals surface area contributed by atoms with Gasteiger partial charge in [-0.2, -0.15) is 0 Å². The quantitative estimate of drug-likeness (QED) is 0.711. The SMILES string of the molecule is C[C@H]1CN2C(=N[C@@H](c3ccccn3)[C@@H]2c2cccn2-c2cccnc2)S1. The average molecular weight is 361 g/mol. The van der Waals surface area contributed by atoms with Crippen molar-refractivity contribution >= 4 is 16.9 Å². The topological polar surface area (TPSA) is 46.3 Å². The highest BCUT2D eigenvalue weighted by atomic mass is 32.2. The lowest BCUT2D eigenvalue weighted by Crippen LogP contribution is -2.30. The predicted molar refractivity (Wildman–Crippen MR) is 104 cm³/mol. The van der Waals surface area contributed by atoms with Crippen LogP contribution in [0.15, 0.2) is 72.2 Å². The smallest absolute Gasteiger partial charge is 0.160 e. The van der Waals surface area contributed by atoms with Gasteiger partial charge in [-0.05, 0) is 36.4 Å². The Balaban J connectivity index is 1.62. The van der Waals surface area contributed by atoms with Crippen molar-refractivity contribution in [3.63, 3.8) is 0 Å². The molecule has 5 nitrogen and oxygen atoms in total. The van der Waals surface area contributed by atoms with E-state index in [2.05, 4.69) is 56.8 Å². The van der Waals surface area contributed by atoms with Crippen LogP contribution < -0.4 is 0 Å². The van der Waals surface area contributed by atoms with Crippen molar-refractivity contribution in [2.75, 3.05) is 6.54 Å². The molecule has 26 heavy (non-hydrogen) atoms. The molecule has 5 heterocycles. The molecule has 5 rings (SSSR count). The molecule has 2 aliphatic heterocycles. The molecule has 6 heteroatoms. The van der Waals surface area contributed by atoms with E-state index in [0.29, 0.717) is 5.25 Å². The lowest BCUT2D eigenvalue weighted by atomic mass is 10.0. The molecule has 1 saturated heterocycles. The summed E-state index contributed by atoms with van der Waals surface area (Å²) in [6.07, 6.45) is 7.66. The molecule has 3 atom stereocenters. The minimum atomic E-state index is 0.0107. The van der Waals surface area contributed by atoms with Crippen molar-refractivity contribution in [3.05, 3.63) is 78.6 Å². The van der Waals surface area contributed by atoms with Crippen LogP contribution in [0.3, 0.4) is 0 Å². The van der Waals surface area contributed by atoms with Crippen LogP contribution in [0.25, 0.3) is 5.69 Å². The van der Waals surface area contributed by atoms with Gasteiger partial charge in [-0.15, -0.1) is 0 Å². The predicted octanol–water partition coefficient (Wildman–Crippen LogP) is 3.86. The minimum Gasteiger partial charge on any atom is -0.339 e. The third kappa shape index (κ3) is 2.52. The van der Waals surface area contributed by atoms with E-state index in [0.717, 1.165) is 23.1 Å². The van der Waals surface area contributed by atoms with E-state index in [1.54, 1.807) is 6.20 Å². The third-order valence-electron chi connectivity index (χ3n) is 4.89. The fourth-order valence-electron chi connectivity index (χ4n) is 3.80. The monoisotopic (exact) mass is 361 g/mol. The fraction of sp³-hybridized carbons (Fsp3) is 0.250. The van der Waals surface area contributed by atoms with Gasteiger partial charge in [-0.25, -0.2) is 0 Å². The summed E-state index contributed by atoms with van der Waals surface area (Å²) >= 11 is 1.86. The first-order valence-electron chi connectivity index (χ1n) is 8.81. The summed E-state index contributed by atoms with van der Waals surface area (Å²) in [6.45, 7) is 3.27. The van der Waals surface area contributed by atoms with E-state index >= 15 is 0 Å².